The number of quaternary nitrogens is 1. The van der Waals surface area contributed by atoms with Gasteiger partial charge in [0.15, 0.2) is 6.04 Å². The third-order valence-corrected chi connectivity index (χ3v) is 2.68. The topological polar surface area (TPSA) is 69.7 Å². The van der Waals surface area contributed by atoms with Crippen LogP contribution in [0.1, 0.15) is 5.56 Å². The number of ether oxygens (including phenoxy) is 1. The molecular formula is C12H15N2O2+. The highest BCUT2D eigenvalue weighted by Crippen LogP contribution is 2.18. The summed E-state index contributed by atoms with van der Waals surface area (Å²) in [5.74, 6) is -0.273. The normalized spacial score (nSPS) is 12.6. The van der Waals surface area contributed by atoms with E-state index in [4.69, 9.17) is 0 Å². The van der Waals surface area contributed by atoms with E-state index in [1.807, 2.05) is 30.5 Å². The van der Waals surface area contributed by atoms with E-state index in [1.165, 1.54) is 7.11 Å². The van der Waals surface area contributed by atoms with Crippen LogP contribution in [-0.4, -0.2) is 24.1 Å². The highest BCUT2D eigenvalue weighted by atomic mass is 16.5. The fourth-order valence-corrected chi connectivity index (χ4v) is 1.82. The molecule has 2 rings (SSSR count). The number of hydrogen-bond donors (Lipinski definition) is 2. The molecule has 0 aliphatic rings. The monoisotopic (exact) mass is 219 g/mol. The molecule has 4 N–H and O–H groups in total. The number of esters is 1. The molecule has 0 aliphatic carbocycles. The number of carbonyl (C=O) groups is 1. The minimum atomic E-state index is -0.357. The average molecular weight is 219 g/mol. The summed E-state index contributed by atoms with van der Waals surface area (Å²) in [6.45, 7) is 0. The molecule has 0 saturated heterocycles. The van der Waals surface area contributed by atoms with Crippen molar-refractivity contribution in [1.82, 2.24) is 4.98 Å². The predicted molar refractivity (Wildman–Crippen MR) is 60.7 cm³/mol. The van der Waals surface area contributed by atoms with Crippen molar-refractivity contribution >= 4 is 16.9 Å². The molecule has 0 amide bonds. The van der Waals surface area contributed by atoms with Gasteiger partial charge in [-0.15, -0.1) is 0 Å². The molecule has 1 aromatic carbocycles. The Morgan fingerprint density at radius 1 is 1.50 bits per heavy atom. The number of nitrogens with one attached hydrogen (secondary N) is 1. The van der Waals surface area contributed by atoms with Crippen LogP contribution in [0.25, 0.3) is 10.9 Å². The van der Waals surface area contributed by atoms with E-state index in [2.05, 4.69) is 15.5 Å². The van der Waals surface area contributed by atoms with Gasteiger partial charge in [0.2, 0.25) is 0 Å². The molecule has 84 valence electrons. The molecule has 0 bridgehead atoms. The number of benzene rings is 1. The number of rotatable bonds is 3. The third-order valence-electron chi connectivity index (χ3n) is 2.68. The van der Waals surface area contributed by atoms with E-state index in [9.17, 15) is 4.79 Å². The first-order chi connectivity index (χ1) is 7.72. The van der Waals surface area contributed by atoms with Gasteiger partial charge in [-0.25, -0.2) is 4.79 Å². The van der Waals surface area contributed by atoms with Gasteiger partial charge in [-0.2, -0.15) is 0 Å². The Hall–Kier alpha value is -1.81. The number of methoxy groups -OCH3 is 1. The second-order valence-corrected chi connectivity index (χ2v) is 3.78. The Morgan fingerprint density at radius 3 is 3.00 bits per heavy atom. The molecule has 1 unspecified atom stereocenters. The van der Waals surface area contributed by atoms with Crippen LogP contribution in [-0.2, 0) is 16.0 Å². The van der Waals surface area contributed by atoms with E-state index in [-0.39, 0.29) is 12.0 Å². The second kappa shape index (κ2) is 4.37. The zero-order chi connectivity index (χ0) is 11.5. The molecule has 1 aromatic heterocycles. The third kappa shape index (κ3) is 1.92. The lowest BCUT2D eigenvalue weighted by molar-refractivity contribution is -0.407. The first-order valence-corrected chi connectivity index (χ1v) is 5.18. The van der Waals surface area contributed by atoms with Gasteiger partial charge in [0.25, 0.3) is 0 Å². The number of aromatic amines is 1. The Kier molecular flexibility index (Phi) is 2.92. The van der Waals surface area contributed by atoms with Gasteiger partial charge >= 0.3 is 5.97 Å². The van der Waals surface area contributed by atoms with Crippen molar-refractivity contribution in [1.29, 1.82) is 0 Å². The largest absolute Gasteiger partial charge is 0.465 e. The zero-order valence-electron chi connectivity index (χ0n) is 9.19. The number of hydrogen-bond acceptors (Lipinski definition) is 2. The average Bonchev–Trinajstić information content (AvgIpc) is 2.72. The summed E-state index contributed by atoms with van der Waals surface area (Å²) in [5.41, 5.74) is 5.98. The fourth-order valence-electron chi connectivity index (χ4n) is 1.82. The SMILES string of the molecule is COC(=O)C([NH3+])Cc1c[nH]c2ccccc12. The summed E-state index contributed by atoms with van der Waals surface area (Å²) in [6, 6.07) is 7.64. The minimum absolute atomic E-state index is 0.273. The first-order valence-electron chi connectivity index (χ1n) is 5.18. The van der Waals surface area contributed by atoms with Gasteiger partial charge < -0.3 is 15.5 Å². The summed E-state index contributed by atoms with van der Waals surface area (Å²) in [6.07, 6.45) is 2.52. The van der Waals surface area contributed by atoms with E-state index >= 15 is 0 Å². The van der Waals surface area contributed by atoms with Gasteiger partial charge in [0.1, 0.15) is 0 Å². The van der Waals surface area contributed by atoms with E-state index in [1.54, 1.807) is 0 Å². The van der Waals surface area contributed by atoms with Crippen LogP contribution in [0, 0.1) is 0 Å². The molecule has 0 spiro atoms. The Balaban J connectivity index is 2.24. The molecule has 0 fully saturated rings. The van der Waals surface area contributed by atoms with E-state index < -0.39 is 0 Å². The van der Waals surface area contributed by atoms with Gasteiger partial charge in [0.05, 0.1) is 7.11 Å². The van der Waals surface area contributed by atoms with Gasteiger partial charge in [-0.3, -0.25) is 0 Å². The molecule has 1 atom stereocenters. The summed E-state index contributed by atoms with van der Waals surface area (Å²) in [5, 5.41) is 1.14. The van der Waals surface area contributed by atoms with Crippen LogP contribution in [0.5, 0.6) is 0 Å². The first kappa shape index (κ1) is 10.7. The van der Waals surface area contributed by atoms with Crippen LogP contribution < -0.4 is 5.73 Å². The van der Waals surface area contributed by atoms with Gasteiger partial charge in [-0.1, -0.05) is 18.2 Å². The number of carbonyl (C=O) groups excluding carboxylic acids is 1. The van der Waals surface area contributed by atoms with Gasteiger partial charge in [-0.05, 0) is 11.6 Å². The van der Waals surface area contributed by atoms with Crippen molar-refractivity contribution in [3.8, 4) is 0 Å². The lowest BCUT2D eigenvalue weighted by Gasteiger charge is -2.04. The van der Waals surface area contributed by atoms with Crippen molar-refractivity contribution in [2.75, 3.05) is 7.11 Å². The van der Waals surface area contributed by atoms with Crippen LogP contribution in [0.3, 0.4) is 0 Å². The second-order valence-electron chi connectivity index (χ2n) is 3.78. The summed E-state index contributed by atoms with van der Waals surface area (Å²) < 4.78 is 4.66. The molecule has 0 radical (unpaired) electrons. The zero-order valence-corrected chi connectivity index (χ0v) is 9.19. The summed E-state index contributed by atoms with van der Waals surface area (Å²) >= 11 is 0. The molecule has 4 heteroatoms. The summed E-state index contributed by atoms with van der Waals surface area (Å²) in [7, 11) is 1.38. The Morgan fingerprint density at radius 2 is 2.25 bits per heavy atom. The molecular weight excluding hydrogens is 204 g/mol. The predicted octanol–water partition coefficient (Wildman–Crippen LogP) is 0.494. The maximum absolute atomic E-state index is 11.3. The molecule has 0 aliphatic heterocycles. The molecule has 4 nitrogen and oxygen atoms in total. The maximum Gasteiger partial charge on any atom is 0.364 e. The van der Waals surface area contributed by atoms with Crippen molar-refractivity contribution < 1.29 is 15.3 Å². The molecule has 0 saturated carbocycles. The molecule has 2 aromatic rings. The van der Waals surface area contributed by atoms with Crippen molar-refractivity contribution in [3.63, 3.8) is 0 Å². The standard InChI is InChI=1S/C12H14N2O2/c1-16-12(15)10(13)6-8-7-14-11-5-3-2-4-9(8)11/h2-5,7,10,14H,6,13H2,1H3/p+1. The number of para-hydroxylation sites is 1. The Bertz CT molecular complexity index is 504. The van der Waals surface area contributed by atoms with Gasteiger partial charge in [0, 0.05) is 23.5 Å². The molecule has 16 heavy (non-hydrogen) atoms. The molecule has 1 heterocycles. The highest BCUT2D eigenvalue weighted by Gasteiger charge is 2.19. The van der Waals surface area contributed by atoms with E-state index in [0.29, 0.717) is 6.42 Å². The lowest BCUT2D eigenvalue weighted by atomic mass is 10.1. The lowest BCUT2D eigenvalue weighted by Crippen LogP contribution is -2.66. The smallest absolute Gasteiger partial charge is 0.364 e. The number of H-pyrrole nitrogens is 1. The van der Waals surface area contributed by atoms with Crippen LogP contribution in [0.4, 0.5) is 0 Å². The summed E-state index contributed by atoms with van der Waals surface area (Å²) in [4.78, 5) is 14.4. The maximum atomic E-state index is 11.3. The van der Waals surface area contributed by atoms with Crippen molar-refractivity contribution in [2.45, 2.75) is 12.5 Å². The highest BCUT2D eigenvalue weighted by molar-refractivity contribution is 5.84. The fraction of sp³-hybridized carbons (Fsp3) is 0.250. The van der Waals surface area contributed by atoms with Crippen LogP contribution in [0.15, 0.2) is 30.5 Å². The van der Waals surface area contributed by atoms with Crippen LogP contribution in [0.2, 0.25) is 0 Å². The Labute approximate surface area is 93.4 Å². The van der Waals surface area contributed by atoms with Crippen molar-refractivity contribution in [3.05, 3.63) is 36.0 Å². The number of aromatic nitrogens is 1. The minimum Gasteiger partial charge on any atom is -0.465 e. The van der Waals surface area contributed by atoms with Crippen LogP contribution >= 0.6 is 0 Å². The van der Waals surface area contributed by atoms with Crippen molar-refractivity contribution in [2.24, 2.45) is 0 Å². The number of fused-ring (bicyclic) bond motifs is 1. The van der Waals surface area contributed by atoms with E-state index in [0.717, 1.165) is 16.5 Å². The quantitative estimate of drug-likeness (QED) is 0.738.